The van der Waals surface area contributed by atoms with Crippen LogP contribution in [0.4, 0.5) is 4.79 Å². The molecule has 0 saturated heterocycles. The summed E-state index contributed by atoms with van der Waals surface area (Å²) in [7, 11) is 0. The van der Waals surface area contributed by atoms with Crippen molar-refractivity contribution < 1.29 is 29.1 Å². The summed E-state index contributed by atoms with van der Waals surface area (Å²) in [5.41, 5.74) is 6.97. The van der Waals surface area contributed by atoms with Crippen LogP contribution in [-0.4, -0.2) is 41.8 Å². The van der Waals surface area contributed by atoms with Crippen LogP contribution in [0.3, 0.4) is 0 Å². The van der Waals surface area contributed by atoms with E-state index in [1.165, 1.54) is 11.1 Å². The van der Waals surface area contributed by atoms with E-state index in [1.54, 1.807) is 0 Å². The first-order valence-corrected chi connectivity index (χ1v) is 11.8. The SMILES string of the molecule is O=C(N[C@H]1CC[C@@H](C(=O)NOC(C(=O)O)C2CC2)C1)OCC1c2ccccc2-c2ccccc21. The van der Waals surface area contributed by atoms with Gasteiger partial charge in [0.05, 0.1) is 0 Å². The summed E-state index contributed by atoms with van der Waals surface area (Å²) in [4.78, 5) is 41.3. The highest BCUT2D eigenvalue weighted by Crippen LogP contribution is 2.44. The monoisotopic (exact) mass is 464 g/mol. The van der Waals surface area contributed by atoms with Gasteiger partial charge in [0, 0.05) is 17.9 Å². The third kappa shape index (κ3) is 4.63. The summed E-state index contributed by atoms with van der Waals surface area (Å²) in [5, 5.41) is 12.1. The topological polar surface area (TPSA) is 114 Å². The van der Waals surface area contributed by atoms with Crippen LogP contribution >= 0.6 is 0 Å². The maximum atomic E-state index is 12.5. The third-order valence-corrected chi connectivity index (χ3v) is 7.05. The highest BCUT2D eigenvalue weighted by Gasteiger charge is 2.39. The lowest BCUT2D eigenvalue weighted by Crippen LogP contribution is -2.39. The molecule has 0 spiro atoms. The molecule has 8 nitrogen and oxygen atoms in total. The van der Waals surface area contributed by atoms with Gasteiger partial charge in [0.1, 0.15) is 6.61 Å². The van der Waals surface area contributed by atoms with Crippen LogP contribution in [0.15, 0.2) is 48.5 Å². The lowest BCUT2D eigenvalue weighted by Gasteiger charge is -2.17. The number of carboxylic acid groups (broad SMARTS) is 1. The molecule has 0 aromatic heterocycles. The Labute approximate surface area is 197 Å². The fourth-order valence-electron chi connectivity index (χ4n) is 5.11. The van der Waals surface area contributed by atoms with Gasteiger partial charge >= 0.3 is 12.1 Å². The summed E-state index contributed by atoms with van der Waals surface area (Å²) in [6.07, 6.45) is 1.78. The second-order valence-electron chi connectivity index (χ2n) is 9.36. The number of nitrogens with one attached hydrogen (secondary N) is 2. The van der Waals surface area contributed by atoms with Crippen molar-refractivity contribution in [3.63, 3.8) is 0 Å². The fourth-order valence-corrected chi connectivity index (χ4v) is 5.11. The van der Waals surface area contributed by atoms with Gasteiger partial charge in [-0.1, -0.05) is 48.5 Å². The van der Waals surface area contributed by atoms with E-state index in [1.807, 2.05) is 24.3 Å². The first-order chi connectivity index (χ1) is 16.5. The zero-order valence-corrected chi connectivity index (χ0v) is 18.7. The Morgan fingerprint density at radius 3 is 2.21 bits per heavy atom. The van der Waals surface area contributed by atoms with Gasteiger partial charge in [0.2, 0.25) is 5.91 Å². The number of carboxylic acids is 1. The Hall–Kier alpha value is -3.39. The average Bonchev–Trinajstić information content (AvgIpc) is 3.47. The normalized spacial score (nSPS) is 21.9. The number of amides is 2. The molecule has 178 valence electrons. The van der Waals surface area contributed by atoms with Gasteiger partial charge in [0.15, 0.2) is 6.10 Å². The summed E-state index contributed by atoms with van der Waals surface area (Å²) in [6.45, 7) is 0.238. The second kappa shape index (κ2) is 9.46. The van der Waals surface area contributed by atoms with Gasteiger partial charge in [0.25, 0.3) is 0 Å². The Balaban J connectivity index is 1.10. The molecule has 0 aliphatic heterocycles. The van der Waals surface area contributed by atoms with E-state index >= 15 is 0 Å². The number of hydrogen-bond acceptors (Lipinski definition) is 5. The molecular formula is C26H28N2O6. The molecule has 2 saturated carbocycles. The molecule has 0 heterocycles. The number of hydrogen-bond donors (Lipinski definition) is 3. The van der Waals surface area contributed by atoms with Crippen LogP contribution in [0.5, 0.6) is 0 Å². The average molecular weight is 465 g/mol. The summed E-state index contributed by atoms with van der Waals surface area (Å²) < 4.78 is 5.60. The molecule has 2 aromatic carbocycles. The van der Waals surface area contributed by atoms with Crippen LogP contribution in [0.2, 0.25) is 0 Å². The molecule has 2 amide bonds. The fraction of sp³-hybridized carbons (Fsp3) is 0.423. The van der Waals surface area contributed by atoms with Crippen LogP contribution in [-0.2, 0) is 19.2 Å². The zero-order valence-electron chi connectivity index (χ0n) is 18.7. The molecule has 1 unspecified atom stereocenters. The van der Waals surface area contributed by atoms with E-state index in [9.17, 15) is 19.5 Å². The summed E-state index contributed by atoms with van der Waals surface area (Å²) >= 11 is 0. The molecular weight excluding hydrogens is 436 g/mol. The number of hydroxylamine groups is 1. The Kier molecular flexibility index (Phi) is 6.24. The van der Waals surface area contributed by atoms with E-state index in [4.69, 9.17) is 9.57 Å². The van der Waals surface area contributed by atoms with Crippen LogP contribution in [0, 0.1) is 11.8 Å². The molecule has 2 fully saturated rings. The van der Waals surface area contributed by atoms with E-state index < -0.39 is 18.2 Å². The minimum atomic E-state index is -1.07. The van der Waals surface area contributed by atoms with Crippen molar-refractivity contribution in [1.29, 1.82) is 0 Å². The maximum absolute atomic E-state index is 12.5. The predicted molar refractivity (Wildman–Crippen MR) is 123 cm³/mol. The van der Waals surface area contributed by atoms with Crippen molar-refractivity contribution in [2.45, 2.75) is 50.2 Å². The predicted octanol–water partition coefficient (Wildman–Crippen LogP) is 3.60. The molecule has 3 aliphatic carbocycles. The molecule has 0 bridgehead atoms. The standard InChI is InChI=1S/C26H28N2O6/c29-24(28-34-23(25(30)31)15-9-10-15)16-11-12-17(13-16)27-26(32)33-14-22-20-7-3-1-5-18(20)19-6-2-4-8-21(19)22/h1-8,15-17,22-23H,9-14H2,(H,27,32)(H,28,29)(H,30,31)/t16-,17+,23?/m1/s1. The van der Waals surface area contributed by atoms with Crippen molar-refractivity contribution in [2.24, 2.45) is 11.8 Å². The van der Waals surface area contributed by atoms with Gasteiger partial charge < -0.3 is 15.2 Å². The maximum Gasteiger partial charge on any atom is 0.407 e. The second-order valence-corrected chi connectivity index (χ2v) is 9.36. The van der Waals surface area contributed by atoms with Gasteiger partial charge in [-0.3, -0.25) is 9.63 Å². The highest BCUT2D eigenvalue weighted by molar-refractivity contribution is 5.80. The first-order valence-electron chi connectivity index (χ1n) is 11.8. The lowest BCUT2D eigenvalue weighted by molar-refractivity contribution is -0.163. The van der Waals surface area contributed by atoms with Crippen molar-refractivity contribution >= 4 is 18.0 Å². The lowest BCUT2D eigenvalue weighted by atomic mass is 9.98. The zero-order chi connectivity index (χ0) is 23.7. The van der Waals surface area contributed by atoms with Gasteiger partial charge in [-0.2, -0.15) is 0 Å². The van der Waals surface area contributed by atoms with E-state index in [0.29, 0.717) is 19.3 Å². The molecule has 8 heteroatoms. The number of carbonyl (C=O) groups excluding carboxylic acids is 2. The number of benzene rings is 2. The van der Waals surface area contributed by atoms with Crippen molar-refractivity contribution in [3.8, 4) is 11.1 Å². The molecule has 3 aliphatic rings. The molecule has 3 atom stereocenters. The van der Waals surface area contributed by atoms with Gasteiger partial charge in [-0.25, -0.2) is 15.1 Å². The number of carbonyl (C=O) groups is 3. The van der Waals surface area contributed by atoms with E-state index in [0.717, 1.165) is 24.0 Å². The van der Waals surface area contributed by atoms with Crippen molar-refractivity contribution in [2.75, 3.05) is 6.61 Å². The highest BCUT2D eigenvalue weighted by atomic mass is 16.7. The quantitative estimate of drug-likeness (QED) is 0.515. The number of rotatable bonds is 8. The third-order valence-electron chi connectivity index (χ3n) is 7.05. The Bertz CT molecular complexity index is 1050. The smallest absolute Gasteiger partial charge is 0.407 e. The summed E-state index contributed by atoms with van der Waals surface area (Å²) in [5.74, 6) is -1.80. The minimum Gasteiger partial charge on any atom is -0.479 e. The molecule has 2 aromatic rings. The number of fused-ring (bicyclic) bond motifs is 3. The van der Waals surface area contributed by atoms with Crippen LogP contribution in [0.25, 0.3) is 11.1 Å². The Morgan fingerprint density at radius 2 is 1.59 bits per heavy atom. The van der Waals surface area contributed by atoms with Crippen LogP contribution in [0.1, 0.15) is 49.1 Å². The number of alkyl carbamates (subject to hydrolysis) is 1. The number of aliphatic carboxylic acids is 1. The number of ether oxygens (including phenoxy) is 1. The first kappa shape index (κ1) is 22.4. The molecule has 3 N–H and O–H groups in total. The Morgan fingerprint density at radius 1 is 0.941 bits per heavy atom. The van der Waals surface area contributed by atoms with Crippen molar-refractivity contribution in [1.82, 2.24) is 10.8 Å². The van der Waals surface area contributed by atoms with E-state index in [2.05, 4.69) is 35.1 Å². The molecule has 0 radical (unpaired) electrons. The van der Waals surface area contributed by atoms with Gasteiger partial charge in [-0.15, -0.1) is 0 Å². The van der Waals surface area contributed by atoms with Crippen LogP contribution < -0.4 is 10.8 Å². The largest absolute Gasteiger partial charge is 0.479 e. The molecule has 5 rings (SSSR count). The van der Waals surface area contributed by atoms with Crippen molar-refractivity contribution in [3.05, 3.63) is 59.7 Å². The minimum absolute atomic E-state index is 0.00829. The van der Waals surface area contributed by atoms with E-state index in [-0.39, 0.29) is 36.3 Å². The summed E-state index contributed by atoms with van der Waals surface area (Å²) in [6, 6.07) is 16.2. The van der Waals surface area contributed by atoms with Gasteiger partial charge in [-0.05, 0) is 60.3 Å². The molecule has 34 heavy (non-hydrogen) atoms.